The maximum absolute atomic E-state index is 13.0. The summed E-state index contributed by atoms with van der Waals surface area (Å²) in [6.45, 7) is 1.51. The van der Waals surface area contributed by atoms with E-state index in [4.69, 9.17) is 16.3 Å². The van der Waals surface area contributed by atoms with Crippen molar-refractivity contribution in [2.45, 2.75) is 12.6 Å². The summed E-state index contributed by atoms with van der Waals surface area (Å²) in [6, 6.07) is 9.36. The minimum atomic E-state index is -4.48. The molecule has 1 aliphatic rings. The molecule has 13 heteroatoms. The normalized spacial score (nSPS) is 13.7. The Morgan fingerprint density at radius 3 is 2.71 bits per heavy atom. The quantitative estimate of drug-likeness (QED) is 0.290. The Labute approximate surface area is 223 Å². The number of rotatable bonds is 9. The first-order valence-corrected chi connectivity index (χ1v) is 14.0. The fourth-order valence-electron chi connectivity index (χ4n) is 3.70. The number of nitrogens with one attached hydrogen (secondary N) is 3. The molecule has 38 heavy (non-hydrogen) atoms. The third-order valence-electron chi connectivity index (χ3n) is 5.56. The van der Waals surface area contributed by atoms with Gasteiger partial charge in [-0.3, -0.25) is 0 Å². The van der Waals surface area contributed by atoms with Gasteiger partial charge in [-0.15, -0.1) is 0 Å². The molecule has 4 rings (SSSR count). The number of hydrogen-bond donors (Lipinski definition) is 3. The number of anilines is 3. The van der Waals surface area contributed by atoms with E-state index in [-0.39, 0.29) is 22.3 Å². The van der Waals surface area contributed by atoms with E-state index in [2.05, 4.69) is 25.9 Å². The summed E-state index contributed by atoms with van der Waals surface area (Å²) in [5.41, 5.74) is 1.54. The van der Waals surface area contributed by atoms with Gasteiger partial charge >= 0.3 is 6.18 Å². The number of ether oxygens (including phenoxy) is 1. The molecule has 0 unspecified atom stereocenters. The molecule has 0 atom stereocenters. The fourth-order valence-corrected chi connectivity index (χ4v) is 4.43. The second-order valence-electron chi connectivity index (χ2n) is 8.67. The summed E-state index contributed by atoms with van der Waals surface area (Å²) in [6.07, 6.45) is 0.824. The van der Waals surface area contributed by atoms with Gasteiger partial charge in [0.25, 0.3) is 0 Å². The van der Waals surface area contributed by atoms with Crippen LogP contribution in [0.5, 0.6) is 11.5 Å². The first-order valence-electron chi connectivity index (χ1n) is 11.6. The largest absolute Gasteiger partial charge is 0.456 e. The van der Waals surface area contributed by atoms with Crippen LogP contribution in [0.25, 0.3) is 6.08 Å². The van der Waals surface area contributed by atoms with Crippen molar-refractivity contribution in [3.05, 3.63) is 70.5 Å². The van der Waals surface area contributed by atoms with Gasteiger partial charge < -0.3 is 20.7 Å². The Bertz CT molecular complexity index is 1450. The molecule has 3 aromatic rings. The second kappa shape index (κ2) is 11.6. The van der Waals surface area contributed by atoms with Gasteiger partial charge in [0.2, 0.25) is 0 Å². The molecule has 3 N–H and O–H groups in total. The molecule has 0 bridgehead atoms. The van der Waals surface area contributed by atoms with Gasteiger partial charge in [0, 0.05) is 31.6 Å². The standard InChI is InChI=1S/C25H25ClF3N5O3S/c1-38(35,36)10-9-30-14-16-7-8-31-23-20(11-16)24(33-15-32-23)34-18-5-6-22(21(26)13-18)37-19-4-2-3-17(12-19)25(27,28)29/h2-6,11-13,15,30H,7-10,14H2,1H3,(H2,31,32,33,34). The summed E-state index contributed by atoms with van der Waals surface area (Å²) in [5.74, 6) is 1.42. The number of aromatic nitrogens is 2. The average Bonchev–Trinajstić information content (AvgIpc) is 3.05. The molecule has 0 aliphatic carbocycles. The van der Waals surface area contributed by atoms with Crippen molar-refractivity contribution in [3.63, 3.8) is 0 Å². The summed E-state index contributed by atoms with van der Waals surface area (Å²) in [4.78, 5) is 8.67. The summed E-state index contributed by atoms with van der Waals surface area (Å²) >= 11 is 6.38. The molecule has 2 aromatic carbocycles. The highest BCUT2D eigenvalue weighted by molar-refractivity contribution is 7.90. The van der Waals surface area contributed by atoms with Crippen LogP contribution in [0.2, 0.25) is 5.02 Å². The predicted octanol–water partition coefficient (Wildman–Crippen LogP) is 5.52. The highest BCUT2D eigenvalue weighted by Gasteiger charge is 2.30. The lowest BCUT2D eigenvalue weighted by Crippen LogP contribution is -2.24. The summed E-state index contributed by atoms with van der Waals surface area (Å²) in [7, 11) is -3.05. The predicted molar refractivity (Wildman–Crippen MR) is 142 cm³/mol. The maximum atomic E-state index is 13.0. The number of hydrogen-bond acceptors (Lipinski definition) is 8. The zero-order valence-electron chi connectivity index (χ0n) is 20.3. The molecular formula is C25H25ClF3N5O3S. The molecule has 202 valence electrons. The van der Waals surface area contributed by atoms with Crippen molar-refractivity contribution in [2.75, 3.05) is 42.3 Å². The maximum Gasteiger partial charge on any atom is 0.416 e. The zero-order valence-corrected chi connectivity index (χ0v) is 21.8. The highest BCUT2D eigenvalue weighted by Crippen LogP contribution is 2.36. The fraction of sp³-hybridized carbons (Fsp3) is 0.280. The molecule has 0 saturated heterocycles. The summed E-state index contributed by atoms with van der Waals surface area (Å²) in [5, 5.41) is 9.82. The van der Waals surface area contributed by atoms with Crippen molar-refractivity contribution in [3.8, 4) is 11.5 Å². The molecule has 1 aliphatic heterocycles. The SMILES string of the molecule is CS(=O)(=O)CCNCC1=Cc2c(ncnc2Nc2ccc(Oc3cccc(C(F)(F)F)c3)c(Cl)c2)NCC1. The van der Waals surface area contributed by atoms with Gasteiger partial charge in [-0.05, 0) is 48.9 Å². The first-order chi connectivity index (χ1) is 18.0. The van der Waals surface area contributed by atoms with E-state index in [1.807, 2.05) is 6.08 Å². The van der Waals surface area contributed by atoms with Crippen LogP contribution in [0.3, 0.4) is 0 Å². The van der Waals surface area contributed by atoms with Crippen LogP contribution in [0.15, 0.2) is 54.4 Å². The van der Waals surface area contributed by atoms with Crippen LogP contribution in [0.4, 0.5) is 30.5 Å². The highest BCUT2D eigenvalue weighted by atomic mass is 35.5. The lowest BCUT2D eigenvalue weighted by Gasteiger charge is -2.14. The van der Waals surface area contributed by atoms with Crippen LogP contribution in [0, 0.1) is 0 Å². The molecule has 0 fully saturated rings. The summed E-state index contributed by atoms with van der Waals surface area (Å²) < 4.78 is 67.3. The minimum Gasteiger partial charge on any atom is -0.456 e. The molecule has 2 heterocycles. The number of nitrogens with zero attached hydrogens (tertiary/aromatic N) is 2. The van der Waals surface area contributed by atoms with Crippen molar-refractivity contribution in [2.24, 2.45) is 0 Å². The number of fused-ring (bicyclic) bond motifs is 1. The minimum absolute atomic E-state index is 0.0115. The van der Waals surface area contributed by atoms with E-state index in [0.29, 0.717) is 37.0 Å². The van der Waals surface area contributed by atoms with Gasteiger partial charge in [-0.25, -0.2) is 18.4 Å². The Kier molecular flexibility index (Phi) is 8.44. The van der Waals surface area contributed by atoms with E-state index < -0.39 is 21.6 Å². The third-order valence-corrected chi connectivity index (χ3v) is 6.80. The average molecular weight is 568 g/mol. The molecular weight excluding hydrogens is 543 g/mol. The van der Waals surface area contributed by atoms with Gasteiger partial charge in [-0.2, -0.15) is 13.2 Å². The van der Waals surface area contributed by atoms with Crippen molar-refractivity contribution in [1.82, 2.24) is 15.3 Å². The van der Waals surface area contributed by atoms with Gasteiger partial charge in [0.15, 0.2) is 0 Å². The van der Waals surface area contributed by atoms with Crippen molar-refractivity contribution >= 4 is 44.8 Å². The monoisotopic (exact) mass is 567 g/mol. The Balaban J connectivity index is 1.50. The molecule has 0 spiro atoms. The van der Waals surface area contributed by atoms with E-state index in [1.165, 1.54) is 24.7 Å². The smallest absolute Gasteiger partial charge is 0.416 e. The van der Waals surface area contributed by atoms with Gasteiger partial charge in [-0.1, -0.05) is 23.2 Å². The lowest BCUT2D eigenvalue weighted by atomic mass is 10.1. The van der Waals surface area contributed by atoms with E-state index >= 15 is 0 Å². The van der Waals surface area contributed by atoms with E-state index in [0.717, 1.165) is 29.7 Å². The van der Waals surface area contributed by atoms with E-state index in [9.17, 15) is 21.6 Å². The lowest BCUT2D eigenvalue weighted by molar-refractivity contribution is -0.137. The Morgan fingerprint density at radius 2 is 1.97 bits per heavy atom. The third kappa shape index (κ3) is 7.59. The van der Waals surface area contributed by atoms with Gasteiger partial charge in [0.05, 0.1) is 21.9 Å². The second-order valence-corrected chi connectivity index (χ2v) is 11.3. The van der Waals surface area contributed by atoms with Gasteiger partial charge in [0.1, 0.15) is 39.3 Å². The number of benzene rings is 2. The van der Waals surface area contributed by atoms with Crippen LogP contribution in [-0.2, 0) is 16.0 Å². The zero-order chi connectivity index (χ0) is 27.3. The molecule has 0 saturated carbocycles. The van der Waals surface area contributed by atoms with Crippen molar-refractivity contribution < 1.29 is 26.3 Å². The van der Waals surface area contributed by atoms with Crippen molar-refractivity contribution in [1.29, 1.82) is 0 Å². The van der Waals surface area contributed by atoms with Crippen LogP contribution >= 0.6 is 11.6 Å². The molecule has 0 amide bonds. The Hall–Kier alpha value is -3.35. The van der Waals surface area contributed by atoms with Crippen LogP contribution in [-0.4, -0.2) is 50.0 Å². The number of sulfone groups is 1. The van der Waals surface area contributed by atoms with E-state index in [1.54, 1.807) is 18.2 Å². The molecule has 0 radical (unpaired) electrons. The molecule has 1 aromatic heterocycles. The number of alkyl halides is 3. The van der Waals surface area contributed by atoms with Crippen LogP contribution < -0.4 is 20.7 Å². The number of halogens is 4. The topological polar surface area (TPSA) is 105 Å². The molecule has 8 nitrogen and oxygen atoms in total. The first kappa shape index (κ1) is 27.7. The Morgan fingerprint density at radius 1 is 1.16 bits per heavy atom. The van der Waals surface area contributed by atoms with Crippen LogP contribution in [0.1, 0.15) is 17.5 Å².